The number of nitriles is 1. The number of allylic oxidation sites excluding steroid dienone is 1. The van der Waals surface area contributed by atoms with E-state index < -0.39 is 0 Å². The van der Waals surface area contributed by atoms with Crippen LogP contribution in [0.3, 0.4) is 0 Å². The minimum absolute atomic E-state index is 0.0228. The molecule has 1 aliphatic heterocycles. The van der Waals surface area contributed by atoms with Gasteiger partial charge in [0.2, 0.25) is 0 Å². The fraction of sp³-hybridized carbons (Fsp3) is 0.368. The van der Waals surface area contributed by atoms with Gasteiger partial charge in [0, 0.05) is 19.8 Å². The summed E-state index contributed by atoms with van der Waals surface area (Å²) in [7, 11) is 4.03. The second kappa shape index (κ2) is 7.63. The van der Waals surface area contributed by atoms with Crippen molar-refractivity contribution in [2.75, 3.05) is 19.0 Å². The average Bonchev–Trinajstić information content (AvgIpc) is 2.54. The molecule has 2 atom stereocenters. The molecule has 0 N–H and O–H groups in total. The maximum Gasteiger partial charge on any atom is 0.261 e. The lowest BCUT2D eigenvalue weighted by molar-refractivity contribution is 0.00550. The van der Waals surface area contributed by atoms with Gasteiger partial charge >= 0.3 is 0 Å². The van der Waals surface area contributed by atoms with Crippen molar-refractivity contribution >= 4 is 11.8 Å². The highest BCUT2D eigenvalue weighted by Crippen LogP contribution is 2.28. The molecule has 4 heteroatoms. The first kappa shape index (κ1) is 16.8. The van der Waals surface area contributed by atoms with Crippen LogP contribution in [0.5, 0.6) is 0 Å². The van der Waals surface area contributed by atoms with Gasteiger partial charge in [-0.15, -0.1) is 0 Å². The van der Waals surface area contributed by atoms with Crippen molar-refractivity contribution in [1.82, 2.24) is 0 Å². The average molecular weight is 307 g/mol. The number of rotatable bonds is 3. The van der Waals surface area contributed by atoms with Gasteiger partial charge in [-0.3, -0.25) is 0 Å². The number of hydrogen-bond acceptors (Lipinski definition) is 3. The first-order chi connectivity index (χ1) is 11.0. The van der Waals surface area contributed by atoms with Crippen LogP contribution in [-0.4, -0.2) is 26.3 Å². The molecule has 4 nitrogen and oxygen atoms in total. The Kier molecular flexibility index (Phi) is 5.57. The largest absolute Gasteiger partial charge is 0.378 e. The van der Waals surface area contributed by atoms with E-state index in [1.165, 1.54) is 0 Å². The summed E-state index contributed by atoms with van der Waals surface area (Å²) in [5.74, 6) is 0. The van der Waals surface area contributed by atoms with Crippen molar-refractivity contribution in [2.45, 2.75) is 32.0 Å². The van der Waals surface area contributed by atoms with E-state index in [-0.39, 0.29) is 17.9 Å². The maximum absolute atomic E-state index is 9.05. The number of ether oxygens (including phenoxy) is 1. The molecular weight excluding hydrogens is 286 g/mol. The highest BCUT2D eigenvalue weighted by atomic mass is 16.5. The molecular formula is C19H21N3O. The third-order valence-corrected chi connectivity index (χ3v) is 3.85. The molecule has 1 aliphatic rings. The fourth-order valence-corrected chi connectivity index (χ4v) is 2.66. The summed E-state index contributed by atoms with van der Waals surface area (Å²) >= 11 is 0. The van der Waals surface area contributed by atoms with E-state index in [2.05, 4.69) is 34.0 Å². The maximum atomic E-state index is 9.05. The van der Waals surface area contributed by atoms with Gasteiger partial charge in [0.15, 0.2) is 0 Å². The van der Waals surface area contributed by atoms with Crippen LogP contribution in [0.25, 0.3) is 10.9 Å². The Morgan fingerprint density at radius 3 is 2.61 bits per heavy atom. The zero-order valence-electron chi connectivity index (χ0n) is 13.8. The van der Waals surface area contributed by atoms with Crippen LogP contribution in [0.15, 0.2) is 41.6 Å². The lowest BCUT2D eigenvalue weighted by atomic mass is 9.96. The molecule has 0 spiro atoms. The molecule has 1 heterocycles. The van der Waals surface area contributed by atoms with Crippen LogP contribution in [0.2, 0.25) is 0 Å². The number of nitrogens with zero attached hydrogens (tertiary/aromatic N) is 3. The van der Waals surface area contributed by atoms with Crippen molar-refractivity contribution < 1.29 is 4.74 Å². The molecule has 118 valence electrons. The summed E-state index contributed by atoms with van der Waals surface area (Å²) < 4.78 is 5.90. The van der Waals surface area contributed by atoms with Gasteiger partial charge in [-0.05, 0) is 43.0 Å². The zero-order chi connectivity index (χ0) is 16.8. The van der Waals surface area contributed by atoms with Gasteiger partial charge < -0.3 is 9.64 Å². The van der Waals surface area contributed by atoms with E-state index in [1.54, 1.807) is 0 Å². The summed E-state index contributed by atoms with van der Waals surface area (Å²) in [6.07, 6.45) is 5.25. The SMILES string of the molecule is [C-]#[N+]/C(C#N)=C1\CC(C)OC(/C=C/c2ccc(N(C)C)cc2)C1. The normalized spacial score (nSPS) is 23.2. The Bertz CT molecular complexity index is 671. The Morgan fingerprint density at radius 1 is 1.35 bits per heavy atom. The lowest BCUT2D eigenvalue weighted by Crippen LogP contribution is -2.25. The molecule has 2 rings (SSSR count). The Morgan fingerprint density at radius 2 is 2.04 bits per heavy atom. The molecule has 0 saturated carbocycles. The van der Waals surface area contributed by atoms with Crippen molar-refractivity contribution in [1.29, 1.82) is 5.26 Å². The second-order valence-electron chi connectivity index (χ2n) is 5.91. The molecule has 0 amide bonds. The van der Waals surface area contributed by atoms with E-state index >= 15 is 0 Å². The monoisotopic (exact) mass is 307 g/mol. The van der Waals surface area contributed by atoms with Gasteiger partial charge in [-0.1, -0.05) is 24.3 Å². The summed E-state index contributed by atoms with van der Waals surface area (Å²) in [5, 5.41) is 9.05. The predicted octanol–water partition coefficient (Wildman–Crippen LogP) is 4.03. The number of hydrogen-bond donors (Lipinski definition) is 0. The molecule has 0 radical (unpaired) electrons. The third kappa shape index (κ3) is 4.45. The van der Waals surface area contributed by atoms with Gasteiger partial charge in [-0.2, -0.15) is 0 Å². The number of benzene rings is 1. The van der Waals surface area contributed by atoms with Crippen LogP contribution in [0.1, 0.15) is 25.3 Å². The van der Waals surface area contributed by atoms with Gasteiger partial charge in [0.05, 0.1) is 24.8 Å². The van der Waals surface area contributed by atoms with Gasteiger partial charge in [0.1, 0.15) is 0 Å². The molecule has 23 heavy (non-hydrogen) atoms. The first-order valence-corrected chi connectivity index (χ1v) is 7.64. The van der Waals surface area contributed by atoms with Crippen LogP contribution in [-0.2, 0) is 4.74 Å². The van der Waals surface area contributed by atoms with Crippen molar-refractivity contribution in [2.24, 2.45) is 0 Å². The number of anilines is 1. The molecule has 0 aromatic heterocycles. The van der Waals surface area contributed by atoms with Crippen molar-refractivity contribution in [3.8, 4) is 6.07 Å². The highest BCUT2D eigenvalue weighted by molar-refractivity contribution is 5.56. The summed E-state index contributed by atoms with van der Waals surface area (Å²) in [6, 6.07) is 10.3. The first-order valence-electron chi connectivity index (χ1n) is 7.64. The Balaban J connectivity index is 2.11. The summed E-state index contributed by atoms with van der Waals surface area (Å²) in [5.41, 5.74) is 3.38. The topological polar surface area (TPSA) is 40.6 Å². The van der Waals surface area contributed by atoms with E-state index in [9.17, 15) is 0 Å². The van der Waals surface area contributed by atoms with E-state index in [4.69, 9.17) is 16.6 Å². The predicted molar refractivity (Wildman–Crippen MR) is 92.6 cm³/mol. The molecule has 1 aromatic carbocycles. The zero-order valence-corrected chi connectivity index (χ0v) is 13.8. The second-order valence-corrected chi connectivity index (χ2v) is 5.91. The Hall–Kier alpha value is -2.56. The summed E-state index contributed by atoms with van der Waals surface area (Å²) in [6.45, 7) is 9.08. The van der Waals surface area contributed by atoms with E-state index in [0.717, 1.165) is 16.8 Å². The van der Waals surface area contributed by atoms with E-state index in [1.807, 2.05) is 39.2 Å². The molecule has 0 aliphatic carbocycles. The van der Waals surface area contributed by atoms with Gasteiger partial charge in [0.25, 0.3) is 5.70 Å². The van der Waals surface area contributed by atoms with Crippen LogP contribution < -0.4 is 4.90 Å². The lowest BCUT2D eigenvalue weighted by Gasteiger charge is -2.28. The standard InChI is InChI=1S/C19H21N3O/c1-14-11-16(19(13-20)21-2)12-18(23-14)10-7-15-5-8-17(9-6-15)22(3)4/h5-10,14,18H,11-12H2,1,3-4H3/b10-7+,19-16+. The molecule has 1 fully saturated rings. The Labute approximate surface area is 138 Å². The molecule has 2 unspecified atom stereocenters. The smallest absolute Gasteiger partial charge is 0.261 e. The molecule has 1 aromatic rings. The van der Waals surface area contributed by atoms with E-state index in [0.29, 0.717) is 12.8 Å². The summed E-state index contributed by atoms with van der Waals surface area (Å²) in [4.78, 5) is 5.39. The van der Waals surface area contributed by atoms with Gasteiger partial charge in [-0.25, -0.2) is 10.1 Å². The van der Waals surface area contributed by atoms with Crippen molar-refractivity contribution in [3.63, 3.8) is 0 Å². The van der Waals surface area contributed by atoms with Crippen LogP contribution >= 0.6 is 0 Å². The van der Waals surface area contributed by atoms with Crippen molar-refractivity contribution in [3.05, 3.63) is 58.6 Å². The highest BCUT2D eigenvalue weighted by Gasteiger charge is 2.23. The quantitative estimate of drug-likeness (QED) is 0.625. The van der Waals surface area contributed by atoms with Crippen LogP contribution in [0.4, 0.5) is 5.69 Å². The van der Waals surface area contributed by atoms with Crippen LogP contribution in [0, 0.1) is 17.9 Å². The fourth-order valence-electron chi connectivity index (χ4n) is 2.66. The minimum atomic E-state index is -0.0904. The molecule has 0 bridgehead atoms. The third-order valence-electron chi connectivity index (χ3n) is 3.85. The minimum Gasteiger partial charge on any atom is -0.378 e. The molecule has 1 saturated heterocycles.